The molecule has 7 heteroatoms. The minimum absolute atomic E-state index is 0.147. The normalized spacial score (nSPS) is 11.4. The molecule has 0 saturated heterocycles. The van der Waals surface area contributed by atoms with E-state index in [1.807, 2.05) is 30.3 Å². The second-order valence-corrected chi connectivity index (χ2v) is 9.52. The van der Waals surface area contributed by atoms with E-state index in [9.17, 15) is 17.6 Å². The van der Waals surface area contributed by atoms with Crippen LogP contribution in [0.15, 0.2) is 94.7 Å². The SMILES string of the molecule is CS(=O)(=O)c1cccc(-c2cnn(CCc3ccccc3)c(=O)c2-c2ccc(F)cc2)c1. The monoisotopic (exact) mass is 448 g/mol. The maximum atomic E-state index is 13.5. The van der Waals surface area contributed by atoms with Gasteiger partial charge in [0.25, 0.3) is 5.56 Å². The number of aromatic nitrogens is 2. The molecule has 0 amide bonds. The van der Waals surface area contributed by atoms with Crippen molar-refractivity contribution in [3.05, 3.63) is 107 Å². The van der Waals surface area contributed by atoms with Gasteiger partial charge in [-0.2, -0.15) is 5.10 Å². The zero-order chi connectivity index (χ0) is 22.7. The first-order chi connectivity index (χ1) is 15.3. The lowest BCUT2D eigenvalue weighted by atomic mass is 9.97. The zero-order valence-electron chi connectivity index (χ0n) is 17.4. The molecule has 1 heterocycles. The summed E-state index contributed by atoms with van der Waals surface area (Å²) in [5, 5.41) is 4.35. The Morgan fingerprint density at radius 2 is 1.62 bits per heavy atom. The summed E-state index contributed by atoms with van der Waals surface area (Å²) in [6.07, 6.45) is 3.32. The lowest BCUT2D eigenvalue weighted by molar-refractivity contribution is 0.580. The second-order valence-electron chi connectivity index (χ2n) is 7.50. The summed E-state index contributed by atoms with van der Waals surface area (Å²) in [5.41, 5.74) is 2.67. The van der Waals surface area contributed by atoms with Crippen LogP contribution in [0.2, 0.25) is 0 Å². The molecule has 0 radical (unpaired) electrons. The Morgan fingerprint density at radius 1 is 0.906 bits per heavy atom. The van der Waals surface area contributed by atoms with Crippen LogP contribution in [-0.4, -0.2) is 24.5 Å². The van der Waals surface area contributed by atoms with Crippen LogP contribution in [-0.2, 0) is 22.8 Å². The van der Waals surface area contributed by atoms with Crippen LogP contribution in [0.5, 0.6) is 0 Å². The highest BCUT2D eigenvalue weighted by atomic mass is 32.2. The number of benzene rings is 3. The molecule has 0 bridgehead atoms. The maximum Gasteiger partial charge on any atom is 0.275 e. The molecule has 32 heavy (non-hydrogen) atoms. The molecule has 0 aliphatic carbocycles. The lowest BCUT2D eigenvalue weighted by Gasteiger charge is -2.13. The van der Waals surface area contributed by atoms with Gasteiger partial charge in [0, 0.05) is 18.4 Å². The number of halogens is 1. The van der Waals surface area contributed by atoms with Crippen LogP contribution >= 0.6 is 0 Å². The second kappa shape index (κ2) is 8.88. The Labute approximate surface area is 185 Å². The number of rotatable bonds is 6. The summed E-state index contributed by atoms with van der Waals surface area (Å²) in [7, 11) is -3.43. The fourth-order valence-corrected chi connectivity index (χ4v) is 4.20. The standard InChI is InChI=1S/C25H21FN2O3S/c1-32(30,31)22-9-5-8-20(16-22)23-17-27-28(15-14-18-6-3-2-4-7-18)25(29)24(23)19-10-12-21(26)13-11-19/h2-13,16-17H,14-15H2,1H3. The molecular weight excluding hydrogens is 427 g/mol. The van der Waals surface area contributed by atoms with Gasteiger partial charge in [-0.15, -0.1) is 0 Å². The smallest absolute Gasteiger partial charge is 0.267 e. The Balaban J connectivity index is 1.84. The summed E-state index contributed by atoms with van der Waals surface area (Å²) in [4.78, 5) is 13.6. The first-order valence-electron chi connectivity index (χ1n) is 10.0. The molecule has 0 unspecified atom stereocenters. The van der Waals surface area contributed by atoms with Gasteiger partial charge in [-0.25, -0.2) is 17.5 Å². The molecule has 0 N–H and O–H groups in total. The number of aryl methyl sites for hydroxylation is 2. The van der Waals surface area contributed by atoms with Crippen LogP contribution in [0, 0.1) is 5.82 Å². The molecule has 5 nitrogen and oxygen atoms in total. The van der Waals surface area contributed by atoms with E-state index in [1.54, 1.807) is 18.3 Å². The van der Waals surface area contributed by atoms with E-state index in [0.717, 1.165) is 11.8 Å². The Hall–Kier alpha value is -3.58. The predicted octanol–water partition coefficient (Wildman–Crippen LogP) is 4.36. The average molecular weight is 449 g/mol. The van der Waals surface area contributed by atoms with Crippen molar-refractivity contribution in [1.82, 2.24) is 9.78 Å². The van der Waals surface area contributed by atoms with Gasteiger partial charge in [-0.1, -0.05) is 54.6 Å². The maximum absolute atomic E-state index is 13.5. The van der Waals surface area contributed by atoms with Crippen molar-refractivity contribution in [2.75, 3.05) is 6.26 Å². The van der Waals surface area contributed by atoms with Crippen molar-refractivity contribution < 1.29 is 12.8 Å². The van der Waals surface area contributed by atoms with Crippen molar-refractivity contribution >= 4 is 9.84 Å². The van der Waals surface area contributed by atoms with Crippen molar-refractivity contribution in [3.8, 4) is 22.3 Å². The highest BCUT2D eigenvalue weighted by Gasteiger charge is 2.17. The van der Waals surface area contributed by atoms with E-state index in [2.05, 4.69) is 5.10 Å². The molecular formula is C25H21FN2O3S. The summed E-state index contributed by atoms with van der Waals surface area (Å²) < 4.78 is 39.0. The molecule has 4 aromatic rings. The summed E-state index contributed by atoms with van der Waals surface area (Å²) >= 11 is 0. The minimum Gasteiger partial charge on any atom is -0.267 e. The Morgan fingerprint density at radius 3 is 2.31 bits per heavy atom. The van der Waals surface area contributed by atoms with E-state index in [-0.39, 0.29) is 10.5 Å². The summed E-state index contributed by atoms with van der Waals surface area (Å²) in [5.74, 6) is -0.409. The van der Waals surface area contributed by atoms with E-state index in [4.69, 9.17) is 0 Å². The molecule has 0 atom stereocenters. The highest BCUT2D eigenvalue weighted by Crippen LogP contribution is 2.30. The van der Waals surface area contributed by atoms with Crippen LogP contribution < -0.4 is 5.56 Å². The topological polar surface area (TPSA) is 69.0 Å². The fourth-order valence-electron chi connectivity index (χ4n) is 3.54. The van der Waals surface area contributed by atoms with Gasteiger partial charge < -0.3 is 0 Å². The van der Waals surface area contributed by atoms with Crippen LogP contribution in [0.3, 0.4) is 0 Å². The van der Waals surface area contributed by atoms with Gasteiger partial charge in [0.15, 0.2) is 9.84 Å². The summed E-state index contributed by atoms with van der Waals surface area (Å²) in [6.45, 7) is 0.376. The van der Waals surface area contributed by atoms with Crippen LogP contribution in [0.4, 0.5) is 4.39 Å². The van der Waals surface area contributed by atoms with Gasteiger partial charge in [-0.05, 0) is 47.4 Å². The molecule has 3 aromatic carbocycles. The third-order valence-electron chi connectivity index (χ3n) is 5.21. The fraction of sp³-hybridized carbons (Fsp3) is 0.120. The average Bonchev–Trinajstić information content (AvgIpc) is 2.79. The molecule has 0 aliphatic rings. The first-order valence-corrected chi connectivity index (χ1v) is 11.9. The minimum atomic E-state index is -3.43. The zero-order valence-corrected chi connectivity index (χ0v) is 18.2. The third-order valence-corrected chi connectivity index (χ3v) is 6.32. The van der Waals surface area contributed by atoms with Gasteiger partial charge in [-0.3, -0.25) is 4.79 Å². The largest absolute Gasteiger partial charge is 0.275 e. The van der Waals surface area contributed by atoms with Gasteiger partial charge in [0.1, 0.15) is 5.82 Å². The van der Waals surface area contributed by atoms with E-state index in [1.165, 1.54) is 41.1 Å². The number of hydrogen-bond donors (Lipinski definition) is 0. The molecule has 0 saturated carbocycles. The van der Waals surface area contributed by atoms with Gasteiger partial charge in [0.05, 0.1) is 16.7 Å². The molecule has 1 aromatic heterocycles. The van der Waals surface area contributed by atoms with E-state index in [0.29, 0.717) is 35.2 Å². The van der Waals surface area contributed by atoms with E-state index < -0.39 is 15.7 Å². The van der Waals surface area contributed by atoms with Gasteiger partial charge >= 0.3 is 0 Å². The van der Waals surface area contributed by atoms with E-state index >= 15 is 0 Å². The Kier molecular flexibility index (Phi) is 6.01. The molecule has 0 fully saturated rings. The molecule has 4 rings (SSSR count). The van der Waals surface area contributed by atoms with Crippen LogP contribution in [0.25, 0.3) is 22.3 Å². The van der Waals surface area contributed by atoms with Crippen molar-refractivity contribution in [3.63, 3.8) is 0 Å². The number of sulfone groups is 1. The van der Waals surface area contributed by atoms with Crippen molar-refractivity contribution in [2.24, 2.45) is 0 Å². The first kappa shape index (κ1) is 21.6. The predicted molar refractivity (Wildman–Crippen MR) is 123 cm³/mol. The third kappa shape index (κ3) is 4.68. The Bertz CT molecular complexity index is 1410. The van der Waals surface area contributed by atoms with Gasteiger partial charge in [0.2, 0.25) is 0 Å². The highest BCUT2D eigenvalue weighted by molar-refractivity contribution is 7.90. The van der Waals surface area contributed by atoms with Crippen molar-refractivity contribution in [2.45, 2.75) is 17.9 Å². The number of nitrogens with zero attached hydrogens (tertiary/aromatic N) is 2. The summed E-state index contributed by atoms with van der Waals surface area (Å²) in [6, 6.07) is 21.8. The number of hydrogen-bond acceptors (Lipinski definition) is 4. The lowest BCUT2D eigenvalue weighted by Crippen LogP contribution is -2.26. The molecule has 0 aliphatic heterocycles. The molecule has 0 spiro atoms. The quantitative estimate of drug-likeness (QED) is 0.439. The molecule has 162 valence electrons. The van der Waals surface area contributed by atoms with Crippen LogP contribution in [0.1, 0.15) is 5.56 Å². The van der Waals surface area contributed by atoms with Crippen molar-refractivity contribution in [1.29, 1.82) is 0 Å².